The number of benzene rings is 4. The Hall–Kier alpha value is -5.96. The Morgan fingerprint density at radius 1 is 0.759 bits per heavy atom. The van der Waals surface area contributed by atoms with Gasteiger partial charge >= 0.3 is 11.9 Å². The van der Waals surface area contributed by atoms with E-state index in [1.54, 1.807) is 58.6 Å². The summed E-state index contributed by atoms with van der Waals surface area (Å²) in [5.74, 6) is 2.08. The number of nitrogen functional groups attached to an aromatic ring is 1. The van der Waals surface area contributed by atoms with E-state index in [1.165, 1.54) is 21.3 Å². The lowest BCUT2D eigenvalue weighted by molar-refractivity contribution is -0.136. The maximum Gasteiger partial charge on any atom is 0.337 e. The molecule has 0 bridgehead atoms. The fourth-order valence-corrected chi connectivity index (χ4v) is 7.24. The first-order valence-electron chi connectivity index (χ1n) is 17.5. The van der Waals surface area contributed by atoms with Gasteiger partial charge in [0.25, 0.3) is 0 Å². The Labute approximate surface area is 345 Å². The summed E-state index contributed by atoms with van der Waals surface area (Å²) < 4.78 is 42.1. The molecule has 0 saturated heterocycles. The molecule has 0 amide bonds. The summed E-state index contributed by atoms with van der Waals surface area (Å²) >= 11 is 12.1. The number of carbonyl (C=O) groups excluding carboxylic acids is 2. The van der Waals surface area contributed by atoms with Gasteiger partial charge in [0.1, 0.15) is 24.6 Å². The van der Waals surface area contributed by atoms with E-state index in [-0.39, 0.29) is 24.9 Å². The molecule has 2 unspecified atom stereocenters. The summed E-state index contributed by atoms with van der Waals surface area (Å²) in [6, 6.07) is 17.7. The fourth-order valence-electron chi connectivity index (χ4n) is 6.89. The van der Waals surface area contributed by atoms with Crippen molar-refractivity contribution in [3.05, 3.63) is 116 Å². The number of hydrogen-bond donors (Lipinski definition) is 4. The topological polar surface area (TPSA) is 186 Å². The highest BCUT2D eigenvalue weighted by Crippen LogP contribution is 2.52. The first kappa shape index (κ1) is 43.2. The van der Waals surface area contributed by atoms with E-state index in [9.17, 15) is 14.7 Å². The van der Waals surface area contributed by atoms with Crippen molar-refractivity contribution in [3.63, 3.8) is 0 Å². The minimum Gasteiger partial charge on any atom is -0.508 e. The van der Waals surface area contributed by atoms with Crippen molar-refractivity contribution in [1.82, 2.24) is 0 Å². The quantitative estimate of drug-likeness (QED) is 0.0988. The molecule has 2 atom stereocenters. The minimum absolute atomic E-state index is 0.00463. The third kappa shape index (κ3) is 8.35. The third-order valence-electron chi connectivity index (χ3n) is 9.81. The van der Waals surface area contributed by atoms with Crippen LogP contribution in [0.2, 0.25) is 10.0 Å². The molecular weight excluding hydrogens is 795 g/mol. The molecule has 0 radical (unpaired) electrons. The zero-order valence-corrected chi connectivity index (χ0v) is 34.6. The van der Waals surface area contributed by atoms with Crippen LogP contribution in [0.15, 0.2) is 83.8 Å². The second-order valence-electron chi connectivity index (χ2n) is 13.2. The monoisotopic (exact) mass is 838 g/mol. The lowest BCUT2D eigenvalue weighted by atomic mass is 9.68. The summed E-state index contributed by atoms with van der Waals surface area (Å²) in [7, 11) is 9.25. The molecule has 0 spiro atoms. The summed E-state index contributed by atoms with van der Waals surface area (Å²) in [5, 5.41) is 23.9. The highest BCUT2D eigenvalue weighted by Gasteiger charge is 2.48. The Bertz CT molecular complexity index is 2240. The molecule has 4 aromatic carbocycles. The standard InChI is InChI=1S/C21H20ClNO5.C17H20ClNO4.C4H4O3/c1-21(11-7-16(25-2)19(27-4)17(8-11)26-3)13-6-5-12(22)9-14(13)23-15-10-28-20(24)18(15)21;1-17(20,12-6-5-11(18)9-13(12)19)10-7-14(21-2)16(23-4)15(8-10)22-3;5-3-1-4(6)7-2-3/h5-9,23H,10H2,1-4H3;5-9,20H,19H2,1-4H3;1,5H,2H2. The number of nitrogens with one attached hydrogen (secondary N) is 1. The Morgan fingerprint density at radius 2 is 1.29 bits per heavy atom. The minimum atomic E-state index is -1.36. The van der Waals surface area contributed by atoms with E-state index in [0.717, 1.165) is 28.6 Å². The molecule has 3 aliphatic heterocycles. The van der Waals surface area contributed by atoms with Crippen molar-refractivity contribution in [2.45, 2.75) is 24.9 Å². The normalized spacial score (nSPS) is 17.3. The summed E-state index contributed by atoms with van der Waals surface area (Å²) in [6.07, 6.45) is 1.06. The SMILES string of the molecule is COc1cc(C(C)(O)c2ccc(Cl)cc2N)cc(OC)c1OC.COc1cc(C2(C)C3=C(COC3=O)Nc3cc(Cl)ccc32)cc(OC)c1OC.O=C1C=C(O)CO1. The lowest BCUT2D eigenvalue weighted by Gasteiger charge is -2.37. The van der Waals surface area contributed by atoms with Gasteiger partial charge in [-0.1, -0.05) is 35.3 Å². The first-order valence-corrected chi connectivity index (χ1v) is 18.3. The molecule has 7 rings (SSSR count). The second-order valence-corrected chi connectivity index (χ2v) is 14.1. The van der Waals surface area contributed by atoms with E-state index in [0.29, 0.717) is 66.9 Å². The Kier molecular flexibility index (Phi) is 13.2. The van der Waals surface area contributed by atoms with Crippen LogP contribution in [0.1, 0.15) is 36.1 Å². The van der Waals surface area contributed by atoms with Crippen molar-refractivity contribution in [2.75, 3.05) is 66.9 Å². The number of aliphatic hydroxyl groups is 2. The van der Waals surface area contributed by atoms with Crippen molar-refractivity contribution in [3.8, 4) is 34.5 Å². The van der Waals surface area contributed by atoms with Crippen LogP contribution in [0.4, 0.5) is 11.4 Å². The van der Waals surface area contributed by atoms with Crippen molar-refractivity contribution in [1.29, 1.82) is 0 Å². The molecule has 0 aromatic heterocycles. The Balaban J connectivity index is 0.000000192. The molecule has 5 N–H and O–H groups in total. The smallest absolute Gasteiger partial charge is 0.337 e. The maximum absolute atomic E-state index is 12.7. The molecule has 4 aromatic rings. The zero-order valence-electron chi connectivity index (χ0n) is 33.1. The van der Waals surface area contributed by atoms with E-state index < -0.39 is 17.0 Å². The van der Waals surface area contributed by atoms with Gasteiger partial charge in [0.2, 0.25) is 11.5 Å². The number of aliphatic hydroxyl groups excluding tert-OH is 1. The van der Waals surface area contributed by atoms with Crippen LogP contribution < -0.4 is 39.5 Å². The highest BCUT2D eigenvalue weighted by atomic mass is 35.5. The lowest BCUT2D eigenvalue weighted by Crippen LogP contribution is -2.35. The number of rotatable bonds is 9. The predicted molar refractivity (Wildman–Crippen MR) is 218 cm³/mol. The number of nitrogens with two attached hydrogens (primary N) is 1. The van der Waals surface area contributed by atoms with E-state index in [2.05, 4.69) is 10.1 Å². The summed E-state index contributed by atoms with van der Waals surface area (Å²) in [4.78, 5) is 22.7. The van der Waals surface area contributed by atoms with Gasteiger partial charge in [-0.05, 0) is 79.1 Å². The molecular formula is C42H44Cl2N2O12. The zero-order chi connectivity index (χ0) is 42.5. The second kappa shape index (κ2) is 17.7. The number of methoxy groups -OCH3 is 6. The summed E-state index contributed by atoms with van der Waals surface area (Å²) in [6.45, 7) is 3.87. The Morgan fingerprint density at radius 3 is 1.76 bits per heavy atom. The van der Waals surface area contributed by atoms with Gasteiger partial charge in [-0.3, -0.25) is 0 Å². The number of esters is 2. The molecule has 3 heterocycles. The molecule has 308 valence electrons. The number of hydrogen-bond acceptors (Lipinski definition) is 14. The van der Waals surface area contributed by atoms with Gasteiger partial charge in [0.05, 0.1) is 65.4 Å². The van der Waals surface area contributed by atoms with Crippen molar-refractivity contribution >= 4 is 46.5 Å². The van der Waals surface area contributed by atoms with Crippen LogP contribution in [0.25, 0.3) is 0 Å². The summed E-state index contributed by atoms with van der Waals surface area (Å²) in [5.41, 5.74) is 9.21. The van der Waals surface area contributed by atoms with Crippen LogP contribution in [0.3, 0.4) is 0 Å². The number of fused-ring (bicyclic) bond motifs is 1. The molecule has 58 heavy (non-hydrogen) atoms. The first-order chi connectivity index (χ1) is 27.6. The van der Waals surface area contributed by atoms with E-state index in [1.807, 2.05) is 37.3 Å². The molecule has 3 aliphatic rings. The third-order valence-corrected chi connectivity index (χ3v) is 10.3. The predicted octanol–water partition coefficient (Wildman–Crippen LogP) is 7.10. The number of carbonyl (C=O) groups is 2. The number of ether oxygens (including phenoxy) is 8. The van der Waals surface area contributed by atoms with Crippen LogP contribution in [0.5, 0.6) is 34.5 Å². The average Bonchev–Trinajstić information content (AvgIpc) is 3.79. The van der Waals surface area contributed by atoms with Crippen LogP contribution >= 0.6 is 23.2 Å². The fraction of sp³-hybridized carbons (Fsp3) is 0.286. The van der Waals surface area contributed by atoms with Crippen molar-refractivity contribution in [2.24, 2.45) is 0 Å². The number of anilines is 2. The van der Waals surface area contributed by atoms with E-state index in [4.69, 9.17) is 67.2 Å². The van der Waals surface area contributed by atoms with Gasteiger partial charge in [-0.25, -0.2) is 9.59 Å². The van der Waals surface area contributed by atoms with Gasteiger partial charge in [-0.2, -0.15) is 0 Å². The van der Waals surface area contributed by atoms with Gasteiger partial charge in [0.15, 0.2) is 23.0 Å². The highest BCUT2D eigenvalue weighted by molar-refractivity contribution is 6.31. The molecule has 0 fully saturated rings. The molecule has 16 heteroatoms. The molecule has 14 nitrogen and oxygen atoms in total. The van der Waals surface area contributed by atoms with Crippen molar-refractivity contribution < 1.29 is 57.7 Å². The van der Waals surface area contributed by atoms with Crippen LogP contribution in [-0.2, 0) is 30.1 Å². The number of cyclic esters (lactones) is 2. The van der Waals surface area contributed by atoms with Gasteiger partial charge in [0, 0.05) is 27.0 Å². The van der Waals surface area contributed by atoms with E-state index >= 15 is 0 Å². The maximum atomic E-state index is 12.7. The molecule has 0 aliphatic carbocycles. The van der Waals surface area contributed by atoms with Gasteiger partial charge in [-0.15, -0.1) is 0 Å². The van der Waals surface area contributed by atoms with Crippen LogP contribution in [0, 0.1) is 0 Å². The number of halogens is 2. The largest absolute Gasteiger partial charge is 0.508 e. The van der Waals surface area contributed by atoms with Crippen LogP contribution in [-0.4, -0.2) is 78.0 Å². The average molecular weight is 840 g/mol. The van der Waals surface area contributed by atoms with Gasteiger partial charge < -0.3 is 59.2 Å². The molecule has 0 saturated carbocycles.